The van der Waals surface area contributed by atoms with Crippen LogP contribution < -0.4 is 6.15 Å². The van der Waals surface area contributed by atoms with Gasteiger partial charge in [-0.1, -0.05) is 0 Å². The van der Waals surface area contributed by atoms with E-state index in [1.54, 1.807) is 0 Å². The van der Waals surface area contributed by atoms with E-state index < -0.39 is 5.97 Å². The molecule has 4 nitrogen and oxygen atoms in total. The maximum Gasteiger partial charge on any atom is 0.303 e. The monoisotopic (exact) mass is 159 g/mol. The molecule has 0 aliphatic heterocycles. The molecule has 0 aromatic carbocycles. The van der Waals surface area contributed by atoms with E-state index in [9.17, 15) is 9.59 Å². The van der Waals surface area contributed by atoms with Gasteiger partial charge in [-0.15, -0.1) is 0 Å². The molecule has 11 heavy (non-hydrogen) atoms. The molecule has 1 aliphatic carbocycles. The Kier molecular flexibility index (Phi) is 3.74. The van der Waals surface area contributed by atoms with Gasteiger partial charge in [0.05, 0.1) is 0 Å². The van der Waals surface area contributed by atoms with Crippen LogP contribution in [0.15, 0.2) is 0 Å². The Morgan fingerprint density at radius 3 is 2.64 bits per heavy atom. The number of hydrogen-bond acceptors (Lipinski definition) is 3. The molecule has 0 saturated heterocycles. The third kappa shape index (κ3) is 3.13. The van der Waals surface area contributed by atoms with Crippen LogP contribution in [0.1, 0.15) is 25.7 Å². The van der Waals surface area contributed by atoms with Gasteiger partial charge in [0, 0.05) is 19.3 Å². The van der Waals surface area contributed by atoms with Crippen LogP contribution in [0.4, 0.5) is 0 Å². The van der Waals surface area contributed by atoms with E-state index >= 15 is 0 Å². The van der Waals surface area contributed by atoms with Crippen LogP contribution in [0.2, 0.25) is 0 Å². The summed E-state index contributed by atoms with van der Waals surface area (Å²) in [5.74, 6) is -0.462. The third-order valence-electron chi connectivity index (χ3n) is 1.81. The molecule has 1 aliphatic rings. The standard InChI is InChI=1S/C7H10O3.H3N/c8-6-2-1-5(3-6)4-7(9)10;/h5H,1-4H2,(H,9,10);1H3. The van der Waals surface area contributed by atoms with E-state index in [1.165, 1.54) is 0 Å². The van der Waals surface area contributed by atoms with Crippen LogP contribution in [-0.4, -0.2) is 16.9 Å². The van der Waals surface area contributed by atoms with E-state index in [4.69, 9.17) is 5.11 Å². The lowest BCUT2D eigenvalue weighted by molar-refractivity contribution is -0.138. The van der Waals surface area contributed by atoms with E-state index in [1.807, 2.05) is 0 Å². The minimum absolute atomic E-state index is 0. The maximum absolute atomic E-state index is 10.6. The second-order valence-electron chi connectivity index (χ2n) is 2.75. The van der Waals surface area contributed by atoms with Crippen LogP contribution >= 0.6 is 0 Å². The quantitative estimate of drug-likeness (QED) is 0.628. The number of carbonyl (C=O) groups excluding carboxylic acids is 1. The first-order chi connectivity index (χ1) is 4.68. The van der Waals surface area contributed by atoms with Crippen molar-refractivity contribution in [2.24, 2.45) is 5.92 Å². The fourth-order valence-corrected chi connectivity index (χ4v) is 1.31. The topological polar surface area (TPSA) is 89.4 Å². The van der Waals surface area contributed by atoms with Crippen LogP contribution in [0, 0.1) is 5.92 Å². The normalized spacial score (nSPS) is 22.9. The molecule has 0 aromatic rings. The van der Waals surface area contributed by atoms with Gasteiger partial charge in [-0.2, -0.15) is 0 Å². The highest BCUT2D eigenvalue weighted by Gasteiger charge is 2.23. The van der Waals surface area contributed by atoms with Crippen molar-refractivity contribution < 1.29 is 14.7 Å². The average molecular weight is 159 g/mol. The summed E-state index contributed by atoms with van der Waals surface area (Å²) in [7, 11) is 0. The second kappa shape index (κ2) is 4.08. The van der Waals surface area contributed by atoms with Gasteiger partial charge in [-0.05, 0) is 12.3 Å². The Morgan fingerprint density at radius 2 is 2.27 bits per heavy atom. The predicted octanol–water partition coefficient (Wildman–Crippen LogP) is 0.992. The Bertz CT molecular complexity index is 167. The molecular formula is C7H13NO3. The zero-order chi connectivity index (χ0) is 7.56. The summed E-state index contributed by atoms with van der Waals surface area (Å²) in [5, 5.41) is 8.35. The number of aliphatic carboxylic acids is 1. The largest absolute Gasteiger partial charge is 0.481 e. The van der Waals surface area contributed by atoms with Crippen LogP contribution in [0.5, 0.6) is 0 Å². The molecule has 0 heterocycles. The molecule has 0 amide bonds. The van der Waals surface area contributed by atoms with Gasteiger partial charge < -0.3 is 11.3 Å². The van der Waals surface area contributed by atoms with E-state index in [0.29, 0.717) is 12.8 Å². The van der Waals surface area contributed by atoms with Crippen molar-refractivity contribution in [3.05, 3.63) is 0 Å². The Labute approximate surface area is 65.2 Å². The van der Waals surface area contributed by atoms with Crippen molar-refractivity contribution in [1.82, 2.24) is 6.15 Å². The number of ketones is 1. The number of hydrogen-bond donors (Lipinski definition) is 2. The molecule has 1 atom stereocenters. The summed E-state index contributed by atoms with van der Waals surface area (Å²) in [6.07, 6.45) is 1.99. The summed E-state index contributed by atoms with van der Waals surface area (Å²) in [6, 6.07) is 0. The first kappa shape index (κ1) is 10.1. The van der Waals surface area contributed by atoms with Crippen LogP contribution in [-0.2, 0) is 9.59 Å². The minimum Gasteiger partial charge on any atom is -0.481 e. The van der Waals surface area contributed by atoms with E-state index in [2.05, 4.69) is 0 Å². The summed E-state index contributed by atoms with van der Waals surface area (Å²) in [5.41, 5.74) is 0. The van der Waals surface area contributed by atoms with Gasteiger partial charge in [-0.25, -0.2) is 0 Å². The molecule has 1 rings (SSSR count). The molecule has 4 N–H and O–H groups in total. The lowest BCUT2D eigenvalue weighted by atomic mass is 10.1. The summed E-state index contributed by atoms with van der Waals surface area (Å²) in [4.78, 5) is 20.8. The van der Waals surface area contributed by atoms with Gasteiger partial charge in [0.25, 0.3) is 0 Å². The number of carbonyl (C=O) groups is 2. The van der Waals surface area contributed by atoms with Crippen LogP contribution in [0.25, 0.3) is 0 Å². The van der Waals surface area contributed by atoms with Crippen molar-refractivity contribution in [3.63, 3.8) is 0 Å². The molecular weight excluding hydrogens is 146 g/mol. The molecule has 0 spiro atoms. The van der Waals surface area contributed by atoms with Gasteiger partial charge in [0.2, 0.25) is 0 Å². The minimum atomic E-state index is -0.792. The van der Waals surface area contributed by atoms with Crippen molar-refractivity contribution >= 4 is 11.8 Å². The number of carboxylic acids is 1. The second-order valence-corrected chi connectivity index (χ2v) is 2.75. The fraction of sp³-hybridized carbons (Fsp3) is 0.714. The molecule has 64 valence electrons. The first-order valence-electron chi connectivity index (χ1n) is 3.42. The SMILES string of the molecule is N.O=C(O)CC1CCC(=O)C1. The Balaban J connectivity index is 0.000001000. The summed E-state index contributed by atoms with van der Waals surface area (Å²) in [6.45, 7) is 0. The fourth-order valence-electron chi connectivity index (χ4n) is 1.31. The molecule has 1 unspecified atom stereocenters. The zero-order valence-electron chi connectivity index (χ0n) is 6.38. The van der Waals surface area contributed by atoms with Crippen molar-refractivity contribution in [2.75, 3.05) is 0 Å². The predicted molar refractivity (Wildman–Crippen MR) is 39.6 cm³/mol. The molecule has 4 heteroatoms. The molecule has 1 saturated carbocycles. The smallest absolute Gasteiger partial charge is 0.303 e. The van der Waals surface area contributed by atoms with Crippen molar-refractivity contribution in [3.8, 4) is 0 Å². The number of Topliss-reactive ketones (excluding diaryl/α,β-unsaturated/α-hetero) is 1. The highest BCUT2D eigenvalue weighted by atomic mass is 16.4. The summed E-state index contributed by atoms with van der Waals surface area (Å²) < 4.78 is 0. The molecule has 0 bridgehead atoms. The Hall–Kier alpha value is -0.900. The van der Waals surface area contributed by atoms with Gasteiger partial charge in [0.1, 0.15) is 5.78 Å². The molecule has 0 aromatic heterocycles. The number of carboxylic acid groups (broad SMARTS) is 1. The lowest BCUT2D eigenvalue weighted by Crippen LogP contribution is -2.03. The lowest BCUT2D eigenvalue weighted by Gasteiger charge is -2.00. The number of rotatable bonds is 2. The summed E-state index contributed by atoms with van der Waals surface area (Å²) >= 11 is 0. The van der Waals surface area contributed by atoms with Crippen LogP contribution in [0.3, 0.4) is 0 Å². The maximum atomic E-state index is 10.6. The molecule has 1 fully saturated rings. The van der Waals surface area contributed by atoms with Crippen molar-refractivity contribution in [1.29, 1.82) is 0 Å². The van der Waals surface area contributed by atoms with Gasteiger partial charge in [-0.3, -0.25) is 9.59 Å². The highest BCUT2D eigenvalue weighted by molar-refractivity contribution is 5.81. The first-order valence-corrected chi connectivity index (χ1v) is 3.42. The Morgan fingerprint density at radius 1 is 1.64 bits per heavy atom. The van der Waals surface area contributed by atoms with Gasteiger partial charge in [0.15, 0.2) is 0 Å². The van der Waals surface area contributed by atoms with E-state index in [-0.39, 0.29) is 24.3 Å². The van der Waals surface area contributed by atoms with E-state index in [0.717, 1.165) is 6.42 Å². The average Bonchev–Trinajstić information content (AvgIpc) is 2.13. The highest BCUT2D eigenvalue weighted by Crippen LogP contribution is 2.24. The third-order valence-corrected chi connectivity index (χ3v) is 1.81. The van der Waals surface area contributed by atoms with Crippen molar-refractivity contribution in [2.45, 2.75) is 25.7 Å². The molecule has 0 radical (unpaired) electrons. The van der Waals surface area contributed by atoms with Gasteiger partial charge >= 0.3 is 5.97 Å². The zero-order valence-corrected chi connectivity index (χ0v) is 6.38.